The molecule has 1 aromatic heterocycles. The number of carbonyl (C=O) groups is 3. The molecule has 0 spiro atoms. The maximum Gasteiger partial charge on any atom is 0.354 e. The van der Waals surface area contributed by atoms with Crippen molar-refractivity contribution in [2.24, 2.45) is 0 Å². The number of amides is 1. The fraction of sp³-hybridized carbons (Fsp3) is 0.423. The van der Waals surface area contributed by atoms with E-state index in [-0.39, 0.29) is 17.0 Å². The molecule has 0 radical (unpaired) electrons. The van der Waals surface area contributed by atoms with Gasteiger partial charge in [0.05, 0.1) is 39.0 Å². The zero-order valence-electron chi connectivity index (χ0n) is 20.9. The molecule has 4 rings (SSSR count). The summed E-state index contributed by atoms with van der Waals surface area (Å²) < 4.78 is 15.6. The van der Waals surface area contributed by atoms with Crippen molar-refractivity contribution >= 4 is 23.4 Å². The number of rotatable bonds is 7. The maximum atomic E-state index is 13.4. The van der Waals surface area contributed by atoms with Crippen molar-refractivity contribution in [1.82, 2.24) is 14.8 Å². The number of H-pyrrole nitrogens is 1. The minimum Gasteiger partial charge on any atom is -0.507 e. The first-order chi connectivity index (χ1) is 17.3. The molecule has 10 nitrogen and oxygen atoms in total. The van der Waals surface area contributed by atoms with Crippen molar-refractivity contribution in [2.45, 2.75) is 19.9 Å². The second kappa shape index (κ2) is 10.5. The van der Waals surface area contributed by atoms with Crippen LogP contribution in [-0.2, 0) is 19.1 Å². The number of aromatic nitrogens is 1. The third kappa shape index (κ3) is 4.61. The van der Waals surface area contributed by atoms with Crippen LogP contribution >= 0.6 is 0 Å². The second-order valence-electron chi connectivity index (χ2n) is 8.84. The summed E-state index contributed by atoms with van der Waals surface area (Å²) in [7, 11) is 2.80. The molecule has 10 heteroatoms. The van der Waals surface area contributed by atoms with Gasteiger partial charge in [0.25, 0.3) is 11.7 Å². The molecule has 2 aliphatic heterocycles. The molecule has 1 amide bonds. The monoisotopic (exact) mass is 497 g/mol. The molecule has 2 N–H and O–H groups in total. The average molecular weight is 498 g/mol. The van der Waals surface area contributed by atoms with Crippen LogP contribution in [0.25, 0.3) is 5.76 Å². The van der Waals surface area contributed by atoms with Gasteiger partial charge >= 0.3 is 5.97 Å². The van der Waals surface area contributed by atoms with E-state index in [1.807, 2.05) is 0 Å². The van der Waals surface area contributed by atoms with Crippen molar-refractivity contribution in [3.8, 4) is 5.75 Å². The van der Waals surface area contributed by atoms with Gasteiger partial charge < -0.3 is 29.2 Å². The fourth-order valence-corrected chi connectivity index (χ4v) is 4.89. The number of methoxy groups -OCH3 is 2. The van der Waals surface area contributed by atoms with E-state index in [2.05, 4.69) is 9.88 Å². The smallest absolute Gasteiger partial charge is 0.354 e. The van der Waals surface area contributed by atoms with Gasteiger partial charge in [-0.15, -0.1) is 0 Å². The van der Waals surface area contributed by atoms with Crippen molar-refractivity contribution < 1.29 is 33.7 Å². The van der Waals surface area contributed by atoms with Crippen LogP contribution in [0.1, 0.15) is 38.9 Å². The summed E-state index contributed by atoms with van der Waals surface area (Å²) in [5.74, 6) is -1.83. The Morgan fingerprint density at radius 1 is 1.17 bits per heavy atom. The van der Waals surface area contributed by atoms with Gasteiger partial charge in [0.2, 0.25) is 0 Å². The van der Waals surface area contributed by atoms with Crippen molar-refractivity contribution in [1.29, 1.82) is 0 Å². The quantitative estimate of drug-likeness (QED) is 0.258. The van der Waals surface area contributed by atoms with Crippen molar-refractivity contribution in [3.63, 3.8) is 0 Å². The number of ketones is 1. The second-order valence-corrected chi connectivity index (χ2v) is 8.84. The molecule has 0 bridgehead atoms. The Hall–Kier alpha value is -3.63. The summed E-state index contributed by atoms with van der Waals surface area (Å²) in [6, 6.07) is 6.27. The number of likely N-dealkylation sites (tertiary alicyclic amines) is 1. The summed E-state index contributed by atoms with van der Waals surface area (Å²) in [6.45, 7) is 6.91. The maximum absolute atomic E-state index is 13.4. The predicted molar refractivity (Wildman–Crippen MR) is 131 cm³/mol. The number of aromatic amines is 1. The minimum absolute atomic E-state index is 0.0307. The normalized spacial score (nSPS) is 20.1. The number of benzene rings is 1. The molecule has 2 aliphatic rings. The lowest BCUT2D eigenvalue weighted by molar-refractivity contribution is -0.140. The highest BCUT2D eigenvalue weighted by molar-refractivity contribution is 6.46. The van der Waals surface area contributed by atoms with E-state index in [4.69, 9.17) is 14.2 Å². The molecule has 0 saturated carbocycles. The molecule has 192 valence electrons. The van der Waals surface area contributed by atoms with Gasteiger partial charge in [0.1, 0.15) is 17.2 Å². The molecule has 2 fully saturated rings. The van der Waals surface area contributed by atoms with Crippen molar-refractivity contribution in [2.75, 3.05) is 53.6 Å². The molecule has 2 aromatic rings. The number of aryl methyl sites for hydroxylation is 1. The van der Waals surface area contributed by atoms with Gasteiger partial charge in [-0.25, -0.2) is 4.79 Å². The van der Waals surface area contributed by atoms with Crippen LogP contribution in [0.15, 0.2) is 29.8 Å². The third-order valence-electron chi connectivity index (χ3n) is 6.77. The fourth-order valence-electron chi connectivity index (χ4n) is 4.89. The van der Waals surface area contributed by atoms with E-state index < -0.39 is 23.7 Å². The number of nitrogens with zero attached hydrogens (tertiary/aromatic N) is 2. The van der Waals surface area contributed by atoms with E-state index in [9.17, 15) is 19.5 Å². The van der Waals surface area contributed by atoms with Crippen LogP contribution in [0.4, 0.5) is 0 Å². The number of morpholine rings is 1. The van der Waals surface area contributed by atoms with Gasteiger partial charge in [-0.3, -0.25) is 14.5 Å². The summed E-state index contributed by atoms with van der Waals surface area (Å²) >= 11 is 0. The number of nitrogens with one attached hydrogen (secondary N) is 1. The number of Topliss-reactive ketones (excluding diaryl/α,β-unsaturated/α-hetero) is 1. The molecule has 2 saturated heterocycles. The molecule has 3 heterocycles. The van der Waals surface area contributed by atoms with E-state index in [0.717, 1.165) is 13.1 Å². The number of aliphatic hydroxyl groups is 1. The largest absolute Gasteiger partial charge is 0.507 e. The van der Waals surface area contributed by atoms with Gasteiger partial charge in [0, 0.05) is 37.4 Å². The first kappa shape index (κ1) is 25.5. The highest BCUT2D eigenvalue weighted by Crippen LogP contribution is 2.41. The lowest BCUT2D eigenvalue weighted by Crippen LogP contribution is -2.42. The van der Waals surface area contributed by atoms with Crippen molar-refractivity contribution in [3.05, 3.63) is 57.9 Å². The lowest BCUT2D eigenvalue weighted by Gasteiger charge is -2.31. The Morgan fingerprint density at radius 3 is 2.56 bits per heavy atom. The van der Waals surface area contributed by atoms with Crippen LogP contribution < -0.4 is 4.74 Å². The standard InChI is InChI=1S/C26H31N3O7/c1-15-19(16(2)27-21(15)26(33)35-4)23(30)20-22(17-6-5-7-18(14-17)34-3)29(25(32)24(20)31)9-8-28-10-12-36-13-11-28/h5-7,14,22,27,30H,8-13H2,1-4H3. The summed E-state index contributed by atoms with van der Waals surface area (Å²) in [5, 5.41) is 11.5. The van der Waals surface area contributed by atoms with Gasteiger partial charge in [-0.2, -0.15) is 0 Å². The van der Waals surface area contributed by atoms with Gasteiger partial charge in [-0.1, -0.05) is 12.1 Å². The zero-order valence-corrected chi connectivity index (χ0v) is 20.9. The number of esters is 1. The molecule has 1 atom stereocenters. The Balaban J connectivity index is 1.81. The average Bonchev–Trinajstić information content (AvgIpc) is 3.34. The van der Waals surface area contributed by atoms with E-state index in [1.165, 1.54) is 19.1 Å². The Labute approximate surface area is 209 Å². The zero-order chi connectivity index (χ0) is 26.0. The minimum atomic E-state index is -0.823. The molecular weight excluding hydrogens is 466 g/mol. The molecular formula is C26H31N3O7. The van der Waals surface area contributed by atoms with Crippen LogP contribution in [0, 0.1) is 13.8 Å². The SMILES string of the molecule is COC(=O)c1[nH]c(C)c(C(O)=C2C(=O)C(=O)N(CCN3CCOCC3)C2c2cccc(OC)c2)c1C. The highest BCUT2D eigenvalue weighted by atomic mass is 16.5. The molecule has 1 aromatic carbocycles. The number of carbonyl (C=O) groups excluding carboxylic acids is 3. The van der Waals surface area contributed by atoms with Gasteiger partial charge in [-0.05, 0) is 37.1 Å². The molecule has 0 aliphatic carbocycles. The van der Waals surface area contributed by atoms with E-state index in [0.29, 0.717) is 54.4 Å². The van der Waals surface area contributed by atoms with Crippen LogP contribution in [0.2, 0.25) is 0 Å². The number of hydrogen-bond acceptors (Lipinski definition) is 8. The summed E-state index contributed by atoms with van der Waals surface area (Å²) in [6.07, 6.45) is 0. The number of aliphatic hydroxyl groups excluding tert-OH is 1. The Bertz CT molecular complexity index is 1210. The first-order valence-electron chi connectivity index (χ1n) is 11.8. The number of ether oxygens (including phenoxy) is 3. The summed E-state index contributed by atoms with van der Waals surface area (Å²) in [4.78, 5) is 45.4. The van der Waals surface area contributed by atoms with Crippen LogP contribution in [0.5, 0.6) is 5.75 Å². The topological polar surface area (TPSA) is 121 Å². The Morgan fingerprint density at radius 2 is 1.89 bits per heavy atom. The lowest BCUT2D eigenvalue weighted by atomic mass is 9.94. The van der Waals surface area contributed by atoms with E-state index >= 15 is 0 Å². The third-order valence-corrected chi connectivity index (χ3v) is 6.77. The Kier molecular flexibility index (Phi) is 7.46. The highest BCUT2D eigenvalue weighted by Gasteiger charge is 2.46. The number of hydrogen-bond donors (Lipinski definition) is 2. The van der Waals surface area contributed by atoms with E-state index in [1.54, 1.807) is 38.1 Å². The van der Waals surface area contributed by atoms with Crippen LogP contribution in [0.3, 0.4) is 0 Å². The summed E-state index contributed by atoms with van der Waals surface area (Å²) in [5.41, 5.74) is 1.99. The van der Waals surface area contributed by atoms with Crippen LogP contribution in [-0.4, -0.2) is 91.2 Å². The first-order valence-corrected chi connectivity index (χ1v) is 11.8. The molecule has 1 unspecified atom stereocenters. The van der Waals surface area contributed by atoms with Gasteiger partial charge in [0.15, 0.2) is 0 Å². The molecule has 36 heavy (non-hydrogen) atoms. The predicted octanol–water partition coefficient (Wildman–Crippen LogP) is 2.18.